The Hall–Kier alpha value is -1.29. The molecule has 1 aliphatic carbocycles. The average molecular weight is 272 g/mol. The fraction of sp³-hybridized carbons (Fsp3) is 0.688. The second-order valence-electron chi connectivity index (χ2n) is 7.08. The van der Waals surface area contributed by atoms with Crippen LogP contribution in [0, 0.1) is 0 Å². The zero-order valence-electron chi connectivity index (χ0n) is 12.5. The third kappa shape index (κ3) is 2.16. The molecule has 0 amide bonds. The normalized spacial score (nSPS) is 24.4. The van der Waals surface area contributed by atoms with E-state index in [4.69, 9.17) is 4.98 Å². The first-order valence-corrected chi connectivity index (χ1v) is 7.90. The smallest absolute Gasteiger partial charge is 0.131 e. The van der Waals surface area contributed by atoms with Crippen LogP contribution in [0.15, 0.2) is 6.07 Å². The van der Waals surface area contributed by atoms with Gasteiger partial charge in [-0.1, -0.05) is 0 Å². The number of piperazine rings is 1. The van der Waals surface area contributed by atoms with Crippen molar-refractivity contribution in [1.82, 2.24) is 10.3 Å². The summed E-state index contributed by atoms with van der Waals surface area (Å²) >= 11 is 0. The van der Waals surface area contributed by atoms with Crippen LogP contribution in [0.2, 0.25) is 0 Å². The fourth-order valence-corrected chi connectivity index (χ4v) is 3.49. The van der Waals surface area contributed by atoms with Gasteiger partial charge in [0.15, 0.2) is 0 Å². The van der Waals surface area contributed by atoms with Gasteiger partial charge in [0.1, 0.15) is 5.82 Å². The number of rotatable bonds is 2. The van der Waals surface area contributed by atoms with E-state index in [-0.39, 0.29) is 5.54 Å². The first-order chi connectivity index (χ1) is 9.62. The van der Waals surface area contributed by atoms with Crippen molar-refractivity contribution >= 4 is 11.5 Å². The standard InChI is InChI=1S/C16H24N4/c1-16(2)10-20(8-7-18-16)14-9-13(11-3-4-11)19-15-12(14)5-6-17-15/h9,11,18H,3-8,10H2,1-2H3,(H,17,19). The molecular weight excluding hydrogens is 248 g/mol. The second-order valence-corrected chi connectivity index (χ2v) is 7.08. The minimum atomic E-state index is 0.195. The molecule has 1 saturated carbocycles. The second kappa shape index (κ2) is 4.35. The number of hydrogen-bond donors (Lipinski definition) is 2. The Morgan fingerprint density at radius 3 is 2.90 bits per heavy atom. The number of nitrogens with one attached hydrogen (secondary N) is 2. The highest BCUT2D eigenvalue weighted by atomic mass is 15.2. The maximum atomic E-state index is 4.85. The van der Waals surface area contributed by atoms with Gasteiger partial charge in [0.05, 0.1) is 0 Å². The third-order valence-electron chi connectivity index (χ3n) is 4.70. The van der Waals surface area contributed by atoms with Crippen molar-refractivity contribution in [2.75, 3.05) is 36.4 Å². The maximum Gasteiger partial charge on any atom is 0.131 e. The highest BCUT2D eigenvalue weighted by Gasteiger charge is 2.32. The summed E-state index contributed by atoms with van der Waals surface area (Å²) < 4.78 is 0. The number of aromatic nitrogens is 1. The van der Waals surface area contributed by atoms with E-state index in [0.717, 1.165) is 44.3 Å². The first-order valence-electron chi connectivity index (χ1n) is 7.90. The van der Waals surface area contributed by atoms with Crippen molar-refractivity contribution in [3.8, 4) is 0 Å². The van der Waals surface area contributed by atoms with Crippen LogP contribution in [0.25, 0.3) is 0 Å². The fourth-order valence-electron chi connectivity index (χ4n) is 3.49. The third-order valence-corrected chi connectivity index (χ3v) is 4.70. The summed E-state index contributed by atoms with van der Waals surface area (Å²) in [5, 5.41) is 7.07. The zero-order valence-corrected chi connectivity index (χ0v) is 12.5. The summed E-state index contributed by atoms with van der Waals surface area (Å²) in [6.07, 6.45) is 3.75. The van der Waals surface area contributed by atoms with Crippen LogP contribution in [-0.2, 0) is 6.42 Å². The van der Waals surface area contributed by atoms with E-state index >= 15 is 0 Å². The van der Waals surface area contributed by atoms with Gasteiger partial charge in [-0.3, -0.25) is 0 Å². The van der Waals surface area contributed by atoms with Crippen LogP contribution in [0.1, 0.15) is 43.9 Å². The van der Waals surface area contributed by atoms with Crippen LogP contribution in [0.5, 0.6) is 0 Å². The van der Waals surface area contributed by atoms with Gasteiger partial charge in [0.2, 0.25) is 0 Å². The molecule has 3 aliphatic rings. The molecule has 20 heavy (non-hydrogen) atoms. The van der Waals surface area contributed by atoms with E-state index < -0.39 is 0 Å². The lowest BCUT2D eigenvalue weighted by Crippen LogP contribution is -2.57. The molecule has 0 bridgehead atoms. The van der Waals surface area contributed by atoms with Crippen molar-refractivity contribution in [2.45, 2.75) is 44.6 Å². The maximum absolute atomic E-state index is 4.85. The van der Waals surface area contributed by atoms with Gasteiger partial charge in [-0.15, -0.1) is 0 Å². The number of pyridine rings is 1. The average Bonchev–Trinajstić information content (AvgIpc) is 3.15. The van der Waals surface area contributed by atoms with Crippen LogP contribution < -0.4 is 15.5 Å². The molecule has 0 aromatic carbocycles. The van der Waals surface area contributed by atoms with E-state index in [1.807, 2.05) is 0 Å². The molecule has 1 aromatic heterocycles. The minimum absolute atomic E-state index is 0.195. The zero-order chi connectivity index (χ0) is 13.7. The van der Waals surface area contributed by atoms with Crippen molar-refractivity contribution in [3.63, 3.8) is 0 Å². The molecule has 2 aliphatic heterocycles. The molecule has 0 atom stereocenters. The summed E-state index contributed by atoms with van der Waals surface area (Å²) in [5.74, 6) is 1.87. The van der Waals surface area contributed by atoms with Gasteiger partial charge in [0.25, 0.3) is 0 Å². The Morgan fingerprint density at radius 1 is 1.30 bits per heavy atom. The van der Waals surface area contributed by atoms with Gasteiger partial charge in [-0.25, -0.2) is 4.98 Å². The lowest BCUT2D eigenvalue weighted by atomic mass is 10.00. The molecule has 0 unspecified atom stereocenters. The molecule has 2 fully saturated rings. The first kappa shape index (κ1) is 12.5. The highest BCUT2D eigenvalue weighted by molar-refractivity contribution is 5.67. The van der Waals surface area contributed by atoms with Gasteiger partial charge in [0, 0.05) is 54.6 Å². The minimum Gasteiger partial charge on any atom is -0.369 e. The molecule has 0 radical (unpaired) electrons. The molecule has 108 valence electrons. The highest BCUT2D eigenvalue weighted by Crippen LogP contribution is 2.43. The van der Waals surface area contributed by atoms with Crippen molar-refractivity contribution in [3.05, 3.63) is 17.3 Å². The Labute approximate surface area is 121 Å². The van der Waals surface area contributed by atoms with E-state index in [1.165, 1.54) is 29.8 Å². The SMILES string of the molecule is CC1(C)CN(c2cc(C3CC3)nc3c2CCN3)CCN1. The van der Waals surface area contributed by atoms with E-state index in [2.05, 4.69) is 35.4 Å². The Bertz CT molecular complexity index is 534. The van der Waals surface area contributed by atoms with E-state index in [1.54, 1.807) is 0 Å². The Morgan fingerprint density at radius 2 is 2.15 bits per heavy atom. The molecule has 2 N–H and O–H groups in total. The predicted molar refractivity (Wildman–Crippen MR) is 82.7 cm³/mol. The molecule has 4 rings (SSSR count). The van der Waals surface area contributed by atoms with Gasteiger partial charge in [-0.05, 0) is 39.2 Å². The molecule has 3 heterocycles. The van der Waals surface area contributed by atoms with Gasteiger partial charge >= 0.3 is 0 Å². The van der Waals surface area contributed by atoms with Crippen LogP contribution in [0.4, 0.5) is 11.5 Å². The molecule has 4 nitrogen and oxygen atoms in total. The molecule has 1 saturated heterocycles. The molecule has 4 heteroatoms. The predicted octanol–water partition coefficient (Wildman–Crippen LogP) is 2.12. The number of hydrogen-bond acceptors (Lipinski definition) is 4. The van der Waals surface area contributed by atoms with Crippen LogP contribution in [0.3, 0.4) is 0 Å². The monoisotopic (exact) mass is 272 g/mol. The summed E-state index contributed by atoms with van der Waals surface area (Å²) in [5.41, 5.74) is 4.38. The van der Waals surface area contributed by atoms with Crippen LogP contribution in [-0.4, -0.2) is 36.7 Å². The Balaban J connectivity index is 1.72. The topological polar surface area (TPSA) is 40.2 Å². The summed E-state index contributed by atoms with van der Waals surface area (Å²) in [4.78, 5) is 7.42. The number of fused-ring (bicyclic) bond motifs is 1. The summed E-state index contributed by atoms with van der Waals surface area (Å²) in [6, 6.07) is 2.38. The quantitative estimate of drug-likeness (QED) is 0.865. The molecular formula is C16H24N4. The van der Waals surface area contributed by atoms with E-state index in [0.29, 0.717) is 0 Å². The Kier molecular flexibility index (Phi) is 2.71. The summed E-state index contributed by atoms with van der Waals surface area (Å²) in [7, 11) is 0. The number of nitrogens with zero attached hydrogens (tertiary/aromatic N) is 2. The van der Waals surface area contributed by atoms with Crippen molar-refractivity contribution in [2.24, 2.45) is 0 Å². The van der Waals surface area contributed by atoms with Gasteiger partial charge in [-0.2, -0.15) is 0 Å². The van der Waals surface area contributed by atoms with Crippen molar-refractivity contribution in [1.29, 1.82) is 0 Å². The lowest BCUT2D eigenvalue weighted by molar-refractivity contribution is 0.352. The lowest BCUT2D eigenvalue weighted by Gasteiger charge is -2.41. The van der Waals surface area contributed by atoms with E-state index in [9.17, 15) is 0 Å². The summed E-state index contributed by atoms with van der Waals surface area (Å²) in [6.45, 7) is 8.87. The largest absolute Gasteiger partial charge is 0.369 e. The molecule has 0 spiro atoms. The molecule has 1 aromatic rings. The van der Waals surface area contributed by atoms with Gasteiger partial charge < -0.3 is 15.5 Å². The number of anilines is 2. The van der Waals surface area contributed by atoms with Crippen molar-refractivity contribution < 1.29 is 0 Å². The van der Waals surface area contributed by atoms with Crippen LogP contribution >= 0.6 is 0 Å².